The Bertz CT molecular complexity index is 622. The van der Waals surface area contributed by atoms with Crippen LogP contribution in [-0.4, -0.2) is 46.8 Å². The van der Waals surface area contributed by atoms with Crippen molar-refractivity contribution in [3.05, 3.63) is 48.3 Å². The van der Waals surface area contributed by atoms with E-state index in [-0.39, 0.29) is 12.5 Å². The van der Waals surface area contributed by atoms with Gasteiger partial charge in [0.1, 0.15) is 6.54 Å². The molecule has 6 heteroatoms. The summed E-state index contributed by atoms with van der Waals surface area (Å²) in [7, 11) is 1.55. The lowest BCUT2D eigenvalue weighted by Gasteiger charge is -2.14. The van der Waals surface area contributed by atoms with Gasteiger partial charge in [0, 0.05) is 13.2 Å². The molecule has 2 aromatic rings. The Morgan fingerprint density at radius 1 is 1.29 bits per heavy atom. The fourth-order valence-corrected chi connectivity index (χ4v) is 1.85. The number of likely N-dealkylation sites (N-methyl/N-ethyl adjacent to an activating group) is 1. The van der Waals surface area contributed by atoms with Crippen molar-refractivity contribution in [1.82, 2.24) is 14.7 Å². The summed E-state index contributed by atoms with van der Waals surface area (Å²) in [5, 5.41) is 4.16. The fourth-order valence-electron chi connectivity index (χ4n) is 1.85. The Morgan fingerprint density at radius 2 is 2.00 bits per heavy atom. The Balaban J connectivity index is 2.07. The van der Waals surface area contributed by atoms with Crippen LogP contribution in [0.15, 0.2) is 42.7 Å². The van der Waals surface area contributed by atoms with Crippen molar-refractivity contribution in [3.8, 4) is 5.69 Å². The third kappa shape index (κ3) is 3.68. The van der Waals surface area contributed by atoms with Crippen LogP contribution in [0.1, 0.15) is 17.3 Å². The van der Waals surface area contributed by atoms with Crippen LogP contribution in [0.25, 0.3) is 5.69 Å². The average Bonchev–Trinajstić information content (AvgIpc) is 2.97. The number of aromatic nitrogens is 2. The number of para-hydroxylation sites is 1. The maximum Gasteiger partial charge on any atom is 0.325 e. The summed E-state index contributed by atoms with van der Waals surface area (Å²) in [5.41, 5.74) is 1.29. The Kier molecular flexibility index (Phi) is 4.71. The summed E-state index contributed by atoms with van der Waals surface area (Å²) in [6, 6.07) is 9.48. The minimum atomic E-state index is -0.427. The molecule has 0 unspecified atom stereocenters. The maximum absolute atomic E-state index is 12.2. The zero-order valence-corrected chi connectivity index (χ0v) is 12.0. The Hall–Kier alpha value is -2.63. The molecule has 0 spiro atoms. The van der Waals surface area contributed by atoms with Crippen LogP contribution in [-0.2, 0) is 9.53 Å². The van der Waals surface area contributed by atoms with Crippen LogP contribution >= 0.6 is 0 Å². The minimum Gasteiger partial charge on any atom is -0.465 e. The van der Waals surface area contributed by atoms with E-state index in [0.29, 0.717) is 12.2 Å². The van der Waals surface area contributed by atoms with Gasteiger partial charge in [-0.3, -0.25) is 9.59 Å². The van der Waals surface area contributed by atoms with Crippen LogP contribution in [0.3, 0.4) is 0 Å². The molecule has 110 valence electrons. The van der Waals surface area contributed by atoms with Gasteiger partial charge in [0.05, 0.1) is 24.1 Å². The molecule has 6 nitrogen and oxygen atoms in total. The van der Waals surface area contributed by atoms with E-state index in [1.54, 1.807) is 24.9 Å². The first kappa shape index (κ1) is 14.8. The lowest BCUT2D eigenvalue weighted by Crippen LogP contribution is -2.32. The van der Waals surface area contributed by atoms with Crippen LogP contribution in [0.4, 0.5) is 0 Å². The van der Waals surface area contributed by atoms with Gasteiger partial charge in [-0.15, -0.1) is 0 Å². The number of hydrogen-bond donors (Lipinski definition) is 0. The summed E-state index contributed by atoms with van der Waals surface area (Å²) in [5.74, 6) is -0.700. The molecule has 0 aliphatic rings. The van der Waals surface area contributed by atoms with Crippen molar-refractivity contribution in [1.29, 1.82) is 0 Å². The van der Waals surface area contributed by atoms with Crippen LogP contribution < -0.4 is 0 Å². The first-order chi connectivity index (χ1) is 10.1. The van der Waals surface area contributed by atoms with Gasteiger partial charge in [-0.1, -0.05) is 18.2 Å². The second-order valence-corrected chi connectivity index (χ2v) is 4.48. The topological polar surface area (TPSA) is 64.4 Å². The van der Waals surface area contributed by atoms with Gasteiger partial charge in [-0.2, -0.15) is 5.10 Å². The smallest absolute Gasteiger partial charge is 0.325 e. The maximum atomic E-state index is 12.2. The summed E-state index contributed by atoms with van der Waals surface area (Å²) in [4.78, 5) is 24.9. The van der Waals surface area contributed by atoms with Crippen molar-refractivity contribution in [2.45, 2.75) is 6.92 Å². The summed E-state index contributed by atoms with van der Waals surface area (Å²) in [6.45, 7) is 1.94. The van der Waals surface area contributed by atoms with E-state index in [1.807, 2.05) is 30.3 Å². The molecule has 1 heterocycles. The summed E-state index contributed by atoms with van der Waals surface area (Å²) in [6.07, 6.45) is 3.12. The molecular weight excluding hydrogens is 270 g/mol. The molecule has 1 aromatic heterocycles. The van der Waals surface area contributed by atoms with Gasteiger partial charge < -0.3 is 9.64 Å². The third-order valence-corrected chi connectivity index (χ3v) is 2.87. The van der Waals surface area contributed by atoms with Gasteiger partial charge in [0.2, 0.25) is 0 Å². The number of nitrogens with zero attached hydrogens (tertiary/aromatic N) is 3. The quantitative estimate of drug-likeness (QED) is 0.782. The van der Waals surface area contributed by atoms with Gasteiger partial charge in [0.25, 0.3) is 5.91 Å². The zero-order chi connectivity index (χ0) is 15.2. The highest BCUT2D eigenvalue weighted by Crippen LogP contribution is 2.09. The number of esters is 1. The predicted octanol–water partition coefficient (Wildman–Crippen LogP) is 1.51. The van der Waals surface area contributed by atoms with Crippen molar-refractivity contribution >= 4 is 11.9 Å². The highest BCUT2D eigenvalue weighted by molar-refractivity contribution is 5.95. The highest BCUT2D eigenvalue weighted by Gasteiger charge is 2.17. The molecule has 21 heavy (non-hydrogen) atoms. The number of benzene rings is 1. The fraction of sp³-hybridized carbons (Fsp3) is 0.267. The Morgan fingerprint density at radius 3 is 2.67 bits per heavy atom. The normalized spacial score (nSPS) is 10.2. The van der Waals surface area contributed by atoms with Crippen molar-refractivity contribution in [3.63, 3.8) is 0 Å². The summed E-state index contributed by atoms with van der Waals surface area (Å²) >= 11 is 0. The van der Waals surface area contributed by atoms with Crippen LogP contribution in [0.5, 0.6) is 0 Å². The molecular formula is C15H17N3O3. The molecule has 1 aromatic carbocycles. The van der Waals surface area contributed by atoms with E-state index in [0.717, 1.165) is 5.69 Å². The van der Waals surface area contributed by atoms with Crippen LogP contribution in [0, 0.1) is 0 Å². The lowest BCUT2D eigenvalue weighted by atomic mass is 10.3. The first-order valence-corrected chi connectivity index (χ1v) is 6.63. The summed E-state index contributed by atoms with van der Waals surface area (Å²) < 4.78 is 6.44. The van der Waals surface area contributed by atoms with E-state index < -0.39 is 5.97 Å². The first-order valence-electron chi connectivity index (χ1n) is 6.63. The third-order valence-electron chi connectivity index (χ3n) is 2.87. The SMILES string of the molecule is CCOC(=O)CN(C)C(=O)c1cnn(-c2ccccc2)c1. The molecule has 0 saturated carbocycles. The predicted molar refractivity (Wildman–Crippen MR) is 77.2 cm³/mol. The van der Waals surface area contributed by atoms with E-state index >= 15 is 0 Å². The van der Waals surface area contributed by atoms with E-state index in [2.05, 4.69) is 5.10 Å². The van der Waals surface area contributed by atoms with Crippen molar-refractivity contribution in [2.75, 3.05) is 20.2 Å². The standard InChI is InChI=1S/C15H17N3O3/c1-3-21-14(19)11-17(2)15(20)12-9-16-18(10-12)13-7-5-4-6-8-13/h4-10H,3,11H2,1-2H3. The molecule has 1 amide bonds. The number of amides is 1. The van der Waals surface area contributed by atoms with Gasteiger partial charge in [-0.05, 0) is 19.1 Å². The molecule has 0 aliphatic carbocycles. The van der Waals surface area contributed by atoms with E-state index in [4.69, 9.17) is 4.74 Å². The number of carbonyl (C=O) groups is 2. The van der Waals surface area contributed by atoms with Crippen LogP contribution in [0.2, 0.25) is 0 Å². The number of hydrogen-bond acceptors (Lipinski definition) is 4. The largest absolute Gasteiger partial charge is 0.465 e. The van der Waals surface area contributed by atoms with Crippen molar-refractivity contribution < 1.29 is 14.3 Å². The van der Waals surface area contributed by atoms with Gasteiger partial charge >= 0.3 is 5.97 Å². The van der Waals surface area contributed by atoms with Crippen molar-refractivity contribution in [2.24, 2.45) is 0 Å². The minimum absolute atomic E-state index is 0.0802. The second-order valence-electron chi connectivity index (χ2n) is 4.48. The molecule has 0 fully saturated rings. The zero-order valence-electron chi connectivity index (χ0n) is 12.0. The number of ether oxygens (including phenoxy) is 1. The average molecular weight is 287 g/mol. The van der Waals surface area contributed by atoms with E-state index in [1.165, 1.54) is 11.1 Å². The second kappa shape index (κ2) is 6.69. The van der Waals surface area contributed by atoms with Gasteiger partial charge in [-0.25, -0.2) is 4.68 Å². The molecule has 0 N–H and O–H groups in total. The number of rotatable bonds is 5. The Labute approximate surface area is 122 Å². The highest BCUT2D eigenvalue weighted by atomic mass is 16.5. The molecule has 0 aliphatic heterocycles. The van der Waals surface area contributed by atoms with Gasteiger partial charge in [0.15, 0.2) is 0 Å². The molecule has 0 radical (unpaired) electrons. The molecule has 0 saturated heterocycles. The lowest BCUT2D eigenvalue weighted by molar-refractivity contribution is -0.143. The molecule has 0 atom stereocenters. The number of carbonyl (C=O) groups excluding carboxylic acids is 2. The molecule has 0 bridgehead atoms. The van der Waals surface area contributed by atoms with E-state index in [9.17, 15) is 9.59 Å². The molecule has 2 rings (SSSR count). The monoisotopic (exact) mass is 287 g/mol.